The quantitative estimate of drug-likeness (QED) is 0.383. The molecule has 0 atom stereocenters. The van der Waals surface area contributed by atoms with E-state index < -0.39 is 0 Å². The molecule has 0 fully saturated rings. The Kier molecular flexibility index (Phi) is 6.30. The number of carbonyl (C=O) groups excluding carboxylic acids is 1. The van der Waals surface area contributed by atoms with Crippen molar-refractivity contribution >= 4 is 63.3 Å². The Hall–Kier alpha value is -3.16. The van der Waals surface area contributed by atoms with Crippen LogP contribution in [0.1, 0.15) is 36.2 Å². The van der Waals surface area contributed by atoms with E-state index in [1.165, 1.54) is 4.68 Å². The van der Waals surface area contributed by atoms with Gasteiger partial charge in [0.15, 0.2) is 5.65 Å². The lowest BCUT2D eigenvalue weighted by Gasteiger charge is -2.07. The molecule has 0 aliphatic heterocycles. The number of amides is 1. The Morgan fingerprint density at radius 3 is 2.56 bits per heavy atom. The number of carbonyl (C=O) groups is 1. The second-order valence-corrected chi connectivity index (χ2v) is 8.63. The third-order valence-electron chi connectivity index (χ3n) is 4.97. The first-order valence-corrected chi connectivity index (χ1v) is 10.9. The number of hydrogen-bond donors (Lipinski definition) is 2. The number of para-hydroxylation sites is 2. The van der Waals surface area contributed by atoms with E-state index in [2.05, 4.69) is 34.2 Å². The van der Waals surface area contributed by atoms with Crippen molar-refractivity contribution in [2.24, 2.45) is 11.0 Å². The van der Waals surface area contributed by atoms with Crippen LogP contribution in [0.25, 0.3) is 22.2 Å². The standard InChI is InChI=1S/C23H22Cl2N6O/c1-13(2)9-10-27-23(32)19-20-22(30-18-6-4-3-5-17(18)29-20)31(21(19)26)28-12-14-7-8-15(24)16(25)11-14/h3-8,11-13H,9-10,26H2,1-2H3,(H,27,32)/b28-12+. The van der Waals surface area contributed by atoms with Gasteiger partial charge in [-0.25, -0.2) is 9.97 Å². The third-order valence-corrected chi connectivity index (χ3v) is 5.71. The van der Waals surface area contributed by atoms with Gasteiger partial charge in [-0.2, -0.15) is 9.78 Å². The fourth-order valence-electron chi connectivity index (χ4n) is 3.27. The monoisotopic (exact) mass is 468 g/mol. The van der Waals surface area contributed by atoms with Gasteiger partial charge < -0.3 is 11.1 Å². The van der Waals surface area contributed by atoms with Crippen LogP contribution in [0.2, 0.25) is 10.0 Å². The Balaban J connectivity index is 1.83. The summed E-state index contributed by atoms with van der Waals surface area (Å²) in [5.74, 6) is 0.323. The van der Waals surface area contributed by atoms with Crippen molar-refractivity contribution in [1.82, 2.24) is 20.0 Å². The second-order valence-electron chi connectivity index (χ2n) is 7.81. The lowest BCUT2D eigenvalue weighted by Crippen LogP contribution is -2.26. The van der Waals surface area contributed by atoms with Crippen molar-refractivity contribution in [2.45, 2.75) is 20.3 Å². The summed E-state index contributed by atoms with van der Waals surface area (Å²) in [6.07, 6.45) is 2.43. The van der Waals surface area contributed by atoms with Crippen LogP contribution < -0.4 is 11.1 Å². The van der Waals surface area contributed by atoms with Gasteiger partial charge in [0, 0.05) is 6.54 Å². The molecule has 3 N–H and O–H groups in total. The first kappa shape index (κ1) is 22.0. The van der Waals surface area contributed by atoms with Gasteiger partial charge in [0.05, 0.1) is 27.3 Å². The lowest BCUT2D eigenvalue weighted by molar-refractivity contribution is 0.0954. The molecule has 0 aliphatic rings. The van der Waals surface area contributed by atoms with Crippen LogP contribution in [0.3, 0.4) is 0 Å². The minimum atomic E-state index is -0.304. The van der Waals surface area contributed by atoms with Gasteiger partial charge in [0.1, 0.15) is 16.9 Å². The fourth-order valence-corrected chi connectivity index (χ4v) is 3.57. The first-order chi connectivity index (χ1) is 15.3. The molecule has 1 amide bonds. The maximum absolute atomic E-state index is 13.0. The average Bonchev–Trinajstić information content (AvgIpc) is 3.02. The van der Waals surface area contributed by atoms with Gasteiger partial charge in [-0.05, 0) is 42.2 Å². The molecule has 9 heteroatoms. The molecule has 0 saturated carbocycles. The van der Waals surface area contributed by atoms with Crippen molar-refractivity contribution in [1.29, 1.82) is 0 Å². The molecule has 4 aromatic rings. The van der Waals surface area contributed by atoms with Crippen molar-refractivity contribution in [3.63, 3.8) is 0 Å². The van der Waals surface area contributed by atoms with Crippen LogP contribution in [0.4, 0.5) is 5.82 Å². The van der Waals surface area contributed by atoms with E-state index in [0.717, 1.165) is 12.0 Å². The molecule has 2 aromatic carbocycles. The molecule has 2 heterocycles. The number of anilines is 1. The number of nitrogens with two attached hydrogens (primary N) is 1. The summed E-state index contributed by atoms with van der Waals surface area (Å²) in [4.78, 5) is 22.4. The zero-order valence-corrected chi connectivity index (χ0v) is 19.2. The fraction of sp³-hybridized carbons (Fsp3) is 0.217. The van der Waals surface area contributed by atoms with Crippen LogP contribution in [0.15, 0.2) is 47.6 Å². The lowest BCUT2D eigenvalue weighted by atomic mass is 10.1. The number of rotatable bonds is 6. The SMILES string of the molecule is CC(C)CCNC(=O)c1c(N)n(/N=C/c2ccc(Cl)c(Cl)c2)c2nc3ccccc3nc12. The highest BCUT2D eigenvalue weighted by molar-refractivity contribution is 6.42. The predicted octanol–water partition coefficient (Wildman–Crippen LogP) is 5.13. The molecule has 0 bridgehead atoms. The van der Waals surface area contributed by atoms with Gasteiger partial charge in [-0.15, -0.1) is 0 Å². The number of nitrogens with one attached hydrogen (secondary N) is 1. The van der Waals surface area contributed by atoms with Gasteiger partial charge in [0.2, 0.25) is 0 Å². The average molecular weight is 469 g/mol. The number of hydrogen-bond acceptors (Lipinski definition) is 5. The highest BCUT2D eigenvalue weighted by Crippen LogP contribution is 2.28. The van der Waals surface area contributed by atoms with Crippen molar-refractivity contribution in [3.05, 3.63) is 63.6 Å². The van der Waals surface area contributed by atoms with E-state index in [1.54, 1.807) is 24.4 Å². The molecule has 0 spiro atoms. The summed E-state index contributed by atoms with van der Waals surface area (Å²) in [5.41, 5.74) is 9.51. The van der Waals surface area contributed by atoms with E-state index in [4.69, 9.17) is 28.9 Å². The molecule has 0 aliphatic carbocycles. The summed E-state index contributed by atoms with van der Waals surface area (Å²) in [6, 6.07) is 12.6. The molecule has 0 radical (unpaired) electrons. The minimum absolute atomic E-state index is 0.161. The molecule has 0 unspecified atom stereocenters. The highest BCUT2D eigenvalue weighted by Gasteiger charge is 2.24. The summed E-state index contributed by atoms with van der Waals surface area (Å²) in [7, 11) is 0. The van der Waals surface area contributed by atoms with Crippen LogP contribution in [0.5, 0.6) is 0 Å². The van der Waals surface area contributed by atoms with Crippen LogP contribution in [-0.4, -0.2) is 33.3 Å². The summed E-state index contributed by atoms with van der Waals surface area (Å²) in [6.45, 7) is 4.74. The number of nitrogen functional groups attached to an aromatic ring is 1. The smallest absolute Gasteiger partial charge is 0.257 e. The molecule has 4 rings (SSSR count). The van der Waals surface area contributed by atoms with Crippen LogP contribution in [0, 0.1) is 5.92 Å². The van der Waals surface area contributed by atoms with Crippen molar-refractivity contribution < 1.29 is 4.79 Å². The maximum atomic E-state index is 13.0. The second kappa shape index (κ2) is 9.14. The normalized spacial score (nSPS) is 11.8. The molecular weight excluding hydrogens is 447 g/mol. The van der Waals surface area contributed by atoms with Gasteiger partial charge in [0.25, 0.3) is 5.91 Å². The van der Waals surface area contributed by atoms with Crippen LogP contribution >= 0.6 is 23.2 Å². The van der Waals surface area contributed by atoms with E-state index in [1.807, 2.05) is 24.3 Å². The predicted molar refractivity (Wildman–Crippen MR) is 131 cm³/mol. The third kappa shape index (κ3) is 4.40. The van der Waals surface area contributed by atoms with Crippen molar-refractivity contribution in [2.75, 3.05) is 12.3 Å². The summed E-state index contributed by atoms with van der Waals surface area (Å²) in [5, 5.41) is 8.27. The molecule has 0 saturated heterocycles. The topological polar surface area (TPSA) is 98.2 Å². The Morgan fingerprint density at radius 1 is 1.16 bits per heavy atom. The Bertz CT molecular complexity index is 1350. The zero-order valence-electron chi connectivity index (χ0n) is 17.6. The van der Waals surface area contributed by atoms with E-state index in [-0.39, 0.29) is 17.3 Å². The van der Waals surface area contributed by atoms with E-state index >= 15 is 0 Å². The Morgan fingerprint density at radius 2 is 1.88 bits per heavy atom. The van der Waals surface area contributed by atoms with Gasteiger partial charge in [-0.3, -0.25) is 4.79 Å². The molecular formula is C23H22Cl2N6O. The molecule has 2 aromatic heterocycles. The highest BCUT2D eigenvalue weighted by atomic mass is 35.5. The molecule has 164 valence electrons. The number of aromatic nitrogens is 3. The summed E-state index contributed by atoms with van der Waals surface area (Å²) >= 11 is 12.1. The molecule has 7 nitrogen and oxygen atoms in total. The zero-order chi connectivity index (χ0) is 22.8. The number of halogens is 2. The van der Waals surface area contributed by atoms with E-state index in [9.17, 15) is 4.79 Å². The number of fused-ring (bicyclic) bond motifs is 2. The molecule has 32 heavy (non-hydrogen) atoms. The summed E-state index contributed by atoms with van der Waals surface area (Å²) < 4.78 is 1.43. The largest absolute Gasteiger partial charge is 0.383 e. The van der Waals surface area contributed by atoms with E-state index in [0.29, 0.717) is 44.7 Å². The van der Waals surface area contributed by atoms with Gasteiger partial charge in [-0.1, -0.05) is 55.2 Å². The number of benzene rings is 2. The first-order valence-electron chi connectivity index (χ1n) is 10.2. The van der Waals surface area contributed by atoms with Gasteiger partial charge >= 0.3 is 0 Å². The minimum Gasteiger partial charge on any atom is -0.383 e. The van der Waals surface area contributed by atoms with Crippen molar-refractivity contribution in [3.8, 4) is 0 Å². The number of nitrogens with zero attached hydrogens (tertiary/aromatic N) is 4. The van der Waals surface area contributed by atoms with Crippen LogP contribution in [-0.2, 0) is 0 Å². The maximum Gasteiger partial charge on any atom is 0.257 e. The Labute approximate surface area is 195 Å².